The number of benzene rings is 1. The van der Waals surface area contributed by atoms with Crippen LogP contribution in [0.15, 0.2) is 24.3 Å². The third kappa shape index (κ3) is 2.87. The Bertz CT molecular complexity index is 314. The third-order valence-electron chi connectivity index (χ3n) is 4.12. The maximum atomic E-state index is 2.47. The van der Waals surface area contributed by atoms with Crippen LogP contribution in [0.25, 0.3) is 0 Å². The van der Waals surface area contributed by atoms with Gasteiger partial charge in [0.25, 0.3) is 0 Å². The van der Waals surface area contributed by atoms with Crippen LogP contribution >= 0.6 is 0 Å². The molecule has 1 aliphatic rings. The van der Waals surface area contributed by atoms with Crippen LogP contribution in [-0.2, 0) is 12.8 Å². The van der Waals surface area contributed by atoms with Crippen LogP contribution in [-0.4, -0.2) is 0 Å². The van der Waals surface area contributed by atoms with Gasteiger partial charge in [0.1, 0.15) is 0 Å². The Kier molecular flexibility index (Phi) is 3.68. The van der Waals surface area contributed by atoms with E-state index in [-0.39, 0.29) is 0 Å². The monoisotopic (exact) mass is 216 g/mol. The quantitative estimate of drug-likeness (QED) is 0.683. The summed E-state index contributed by atoms with van der Waals surface area (Å²) in [7, 11) is 0. The second-order valence-corrected chi connectivity index (χ2v) is 5.72. The summed E-state index contributed by atoms with van der Waals surface area (Å²) >= 11 is 0. The summed E-state index contributed by atoms with van der Waals surface area (Å²) in [4.78, 5) is 0. The largest absolute Gasteiger partial charge is 0.0613 e. The molecule has 16 heavy (non-hydrogen) atoms. The van der Waals surface area contributed by atoms with Gasteiger partial charge in [-0.15, -0.1) is 0 Å². The second-order valence-electron chi connectivity index (χ2n) is 5.72. The van der Waals surface area contributed by atoms with Gasteiger partial charge < -0.3 is 0 Å². The molecule has 1 fully saturated rings. The van der Waals surface area contributed by atoms with Crippen molar-refractivity contribution in [2.75, 3.05) is 0 Å². The molecule has 0 bridgehead atoms. The van der Waals surface area contributed by atoms with Crippen LogP contribution in [0, 0.1) is 5.41 Å². The molecule has 0 heteroatoms. The first-order valence-electron chi connectivity index (χ1n) is 6.80. The fourth-order valence-electron chi connectivity index (χ4n) is 2.97. The molecule has 1 saturated carbocycles. The molecular formula is C16H24. The molecule has 0 nitrogen and oxygen atoms in total. The summed E-state index contributed by atoms with van der Waals surface area (Å²) in [5.74, 6) is 0. The molecule has 0 N–H and O–H groups in total. The molecule has 1 aliphatic carbocycles. The highest BCUT2D eigenvalue weighted by Gasteiger charge is 2.26. The zero-order valence-corrected chi connectivity index (χ0v) is 10.8. The molecule has 0 unspecified atom stereocenters. The van der Waals surface area contributed by atoms with Gasteiger partial charge >= 0.3 is 0 Å². The fraction of sp³-hybridized carbons (Fsp3) is 0.625. The zero-order valence-electron chi connectivity index (χ0n) is 10.8. The summed E-state index contributed by atoms with van der Waals surface area (Å²) in [6, 6.07) is 9.25. The van der Waals surface area contributed by atoms with E-state index in [1.54, 1.807) is 0 Å². The van der Waals surface area contributed by atoms with E-state index in [0.29, 0.717) is 5.41 Å². The van der Waals surface area contributed by atoms with Crippen LogP contribution in [0.1, 0.15) is 57.1 Å². The minimum absolute atomic E-state index is 0.575. The molecule has 0 aliphatic heterocycles. The maximum Gasteiger partial charge on any atom is -0.0225 e. The van der Waals surface area contributed by atoms with Crippen molar-refractivity contribution in [1.82, 2.24) is 0 Å². The lowest BCUT2D eigenvalue weighted by atomic mass is 9.72. The van der Waals surface area contributed by atoms with Crippen molar-refractivity contribution in [3.63, 3.8) is 0 Å². The summed E-state index contributed by atoms with van der Waals surface area (Å²) in [5, 5.41) is 0. The Morgan fingerprint density at radius 1 is 0.938 bits per heavy atom. The van der Waals surface area contributed by atoms with E-state index in [1.165, 1.54) is 49.7 Å². The van der Waals surface area contributed by atoms with Gasteiger partial charge in [-0.1, -0.05) is 57.4 Å². The predicted octanol–water partition coefficient (Wildman–Crippen LogP) is 4.76. The number of aryl methyl sites for hydroxylation is 1. The van der Waals surface area contributed by atoms with Crippen molar-refractivity contribution in [3.8, 4) is 0 Å². The fourth-order valence-corrected chi connectivity index (χ4v) is 2.97. The lowest BCUT2D eigenvalue weighted by Gasteiger charge is -2.33. The van der Waals surface area contributed by atoms with Crippen molar-refractivity contribution in [1.29, 1.82) is 0 Å². The number of hydrogen-bond acceptors (Lipinski definition) is 0. The smallest absolute Gasteiger partial charge is 0.0225 e. The second kappa shape index (κ2) is 5.03. The summed E-state index contributed by atoms with van der Waals surface area (Å²) < 4.78 is 0. The Hall–Kier alpha value is -0.780. The Labute approximate surface area is 100 Å². The third-order valence-corrected chi connectivity index (χ3v) is 4.12. The minimum Gasteiger partial charge on any atom is -0.0613 e. The minimum atomic E-state index is 0.575. The van der Waals surface area contributed by atoms with Crippen molar-refractivity contribution in [2.45, 2.75) is 58.8 Å². The van der Waals surface area contributed by atoms with Gasteiger partial charge in [0.05, 0.1) is 0 Å². The van der Waals surface area contributed by atoms with Crippen LogP contribution in [0.5, 0.6) is 0 Å². The highest BCUT2D eigenvalue weighted by Crippen LogP contribution is 2.38. The highest BCUT2D eigenvalue weighted by molar-refractivity contribution is 5.23. The lowest BCUT2D eigenvalue weighted by molar-refractivity contribution is 0.215. The first-order chi connectivity index (χ1) is 7.72. The first kappa shape index (κ1) is 11.7. The molecule has 0 radical (unpaired) electrons. The van der Waals surface area contributed by atoms with E-state index in [9.17, 15) is 0 Å². The Morgan fingerprint density at radius 3 is 2.06 bits per heavy atom. The van der Waals surface area contributed by atoms with Gasteiger partial charge in [-0.2, -0.15) is 0 Å². The van der Waals surface area contributed by atoms with E-state index >= 15 is 0 Å². The zero-order chi connectivity index (χ0) is 11.4. The van der Waals surface area contributed by atoms with Crippen molar-refractivity contribution < 1.29 is 0 Å². The first-order valence-corrected chi connectivity index (χ1v) is 6.80. The molecule has 0 aromatic heterocycles. The van der Waals surface area contributed by atoms with E-state index in [1.807, 2.05) is 0 Å². The average Bonchev–Trinajstić information content (AvgIpc) is 2.30. The topological polar surface area (TPSA) is 0 Å². The Balaban J connectivity index is 2.01. The molecule has 1 aromatic rings. The van der Waals surface area contributed by atoms with Gasteiger partial charge in [0.15, 0.2) is 0 Å². The van der Waals surface area contributed by atoms with Gasteiger partial charge in [-0.3, -0.25) is 0 Å². The van der Waals surface area contributed by atoms with Crippen molar-refractivity contribution in [2.24, 2.45) is 5.41 Å². The molecule has 0 saturated heterocycles. The van der Waals surface area contributed by atoms with E-state index in [2.05, 4.69) is 38.1 Å². The highest BCUT2D eigenvalue weighted by atomic mass is 14.3. The molecule has 0 heterocycles. The van der Waals surface area contributed by atoms with Crippen LogP contribution in [0.3, 0.4) is 0 Å². The van der Waals surface area contributed by atoms with Gasteiger partial charge in [-0.25, -0.2) is 0 Å². The van der Waals surface area contributed by atoms with Gasteiger partial charge in [0.2, 0.25) is 0 Å². The van der Waals surface area contributed by atoms with Gasteiger partial charge in [0, 0.05) is 0 Å². The van der Waals surface area contributed by atoms with Crippen molar-refractivity contribution in [3.05, 3.63) is 35.4 Å². The van der Waals surface area contributed by atoms with E-state index < -0.39 is 0 Å². The average molecular weight is 216 g/mol. The summed E-state index contributed by atoms with van der Waals surface area (Å²) in [6.45, 7) is 4.69. The maximum absolute atomic E-state index is 2.47. The van der Waals surface area contributed by atoms with Gasteiger partial charge in [-0.05, 0) is 42.2 Å². The van der Waals surface area contributed by atoms with Crippen LogP contribution in [0.2, 0.25) is 0 Å². The molecule has 0 amide bonds. The SMILES string of the molecule is CCc1ccc(CC2(C)CCCCC2)cc1. The lowest BCUT2D eigenvalue weighted by Crippen LogP contribution is -2.22. The van der Waals surface area contributed by atoms with Crippen LogP contribution < -0.4 is 0 Å². The standard InChI is InChI=1S/C16H24/c1-3-14-7-9-15(10-8-14)13-16(2)11-5-4-6-12-16/h7-10H,3-6,11-13H2,1-2H3. The summed E-state index contributed by atoms with van der Waals surface area (Å²) in [6.07, 6.45) is 9.58. The predicted molar refractivity (Wildman–Crippen MR) is 70.7 cm³/mol. The van der Waals surface area contributed by atoms with E-state index in [4.69, 9.17) is 0 Å². The molecule has 0 spiro atoms. The molecule has 2 rings (SSSR count). The molecule has 88 valence electrons. The van der Waals surface area contributed by atoms with Crippen molar-refractivity contribution >= 4 is 0 Å². The molecule has 0 atom stereocenters. The Morgan fingerprint density at radius 2 is 1.50 bits per heavy atom. The number of rotatable bonds is 3. The van der Waals surface area contributed by atoms with E-state index in [0.717, 1.165) is 6.42 Å². The molecular weight excluding hydrogens is 192 g/mol. The summed E-state index contributed by atoms with van der Waals surface area (Å²) in [5.41, 5.74) is 3.56. The van der Waals surface area contributed by atoms with Crippen LogP contribution in [0.4, 0.5) is 0 Å². The number of hydrogen-bond donors (Lipinski definition) is 0. The normalized spacial score (nSPS) is 19.6. The molecule has 1 aromatic carbocycles.